The Labute approximate surface area is 116 Å². The predicted octanol–water partition coefficient (Wildman–Crippen LogP) is 1.80. The highest BCUT2D eigenvalue weighted by molar-refractivity contribution is 6.08. The molecular weight excluding hydrogens is 256 g/mol. The Kier molecular flexibility index (Phi) is 3.57. The molecule has 0 spiro atoms. The van der Waals surface area contributed by atoms with E-state index in [1.54, 1.807) is 12.1 Å². The smallest absolute Gasteiger partial charge is 0.290 e. The van der Waals surface area contributed by atoms with Gasteiger partial charge in [0.15, 0.2) is 11.5 Å². The fourth-order valence-corrected chi connectivity index (χ4v) is 2.35. The van der Waals surface area contributed by atoms with Gasteiger partial charge in [-0.25, -0.2) is 0 Å². The van der Waals surface area contributed by atoms with E-state index in [0.29, 0.717) is 5.56 Å². The Balaban J connectivity index is 2.54. The van der Waals surface area contributed by atoms with Crippen LogP contribution >= 0.6 is 0 Å². The zero-order valence-electron chi connectivity index (χ0n) is 11.3. The Morgan fingerprint density at radius 1 is 1.40 bits per heavy atom. The van der Waals surface area contributed by atoms with Crippen molar-refractivity contribution in [3.63, 3.8) is 0 Å². The molecular formula is C15H14N2O3. The van der Waals surface area contributed by atoms with Gasteiger partial charge in [-0.3, -0.25) is 9.59 Å². The molecule has 0 aromatic heterocycles. The molecule has 1 aliphatic rings. The Morgan fingerprint density at radius 2 is 2.00 bits per heavy atom. The van der Waals surface area contributed by atoms with Gasteiger partial charge >= 0.3 is 0 Å². The molecule has 0 fully saturated rings. The van der Waals surface area contributed by atoms with Gasteiger partial charge in [-0.05, 0) is 19.4 Å². The molecule has 0 radical (unpaired) electrons. The van der Waals surface area contributed by atoms with Crippen LogP contribution in [0, 0.1) is 18.3 Å². The summed E-state index contributed by atoms with van der Waals surface area (Å²) in [5.74, 6) is -1.61. The third-order valence-corrected chi connectivity index (χ3v) is 3.32. The third-order valence-electron chi connectivity index (χ3n) is 3.32. The number of benzene rings is 1. The number of ketones is 1. The lowest BCUT2D eigenvalue weighted by Gasteiger charge is -2.24. The number of rotatable bonds is 3. The van der Waals surface area contributed by atoms with Gasteiger partial charge in [0.1, 0.15) is 6.54 Å². The molecule has 0 aliphatic carbocycles. The van der Waals surface area contributed by atoms with Gasteiger partial charge in [-0.1, -0.05) is 29.8 Å². The summed E-state index contributed by atoms with van der Waals surface area (Å²) < 4.78 is 0. The van der Waals surface area contributed by atoms with E-state index in [1.807, 2.05) is 25.1 Å². The van der Waals surface area contributed by atoms with E-state index < -0.39 is 17.7 Å². The van der Waals surface area contributed by atoms with Crippen molar-refractivity contribution >= 4 is 11.7 Å². The van der Waals surface area contributed by atoms with E-state index in [2.05, 4.69) is 0 Å². The molecule has 0 saturated carbocycles. The van der Waals surface area contributed by atoms with Crippen LogP contribution in [0.3, 0.4) is 0 Å². The first-order valence-corrected chi connectivity index (χ1v) is 6.16. The fourth-order valence-electron chi connectivity index (χ4n) is 2.35. The summed E-state index contributed by atoms with van der Waals surface area (Å²) >= 11 is 0. The van der Waals surface area contributed by atoms with E-state index in [4.69, 9.17) is 5.26 Å². The van der Waals surface area contributed by atoms with Crippen LogP contribution in [0.1, 0.15) is 24.1 Å². The number of aryl methyl sites for hydroxylation is 1. The first-order chi connectivity index (χ1) is 9.47. The van der Waals surface area contributed by atoms with Crippen LogP contribution in [0.2, 0.25) is 0 Å². The predicted molar refractivity (Wildman–Crippen MR) is 71.6 cm³/mol. The molecule has 102 valence electrons. The van der Waals surface area contributed by atoms with Crippen LogP contribution in [-0.2, 0) is 9.59 Å². The molecule has 5 heteroatoms. The zero-order valence-corrected chi connectivity index (χ0v) is 11.3. The molecule has 0 bridgehead atoms. The van der Waals surface area contributed by atoms with Gasteiger partial charge in [0.25, 0.3) is 5.91 Å². The van der Waals surface area contributed by atoms with Gasteiger partial charge in [0.05, 0.1) is 17.7 Å². The lowest BCUT2D eigenvalue weighted by molar-refractivity contribution is -0.128. The molecule has 1 heterocycles. The topological polar surface area (TPSA) is 81.4 Å². The zero-order chi connectivity index (χ0) is 14.9. The van der Waals surface area contributed by atoms with E-state index in [0.717, 1.165) is 5.56 Å². The Hall–Kier alpha value is -2.61. The maximum atomic E-state index is 12.0. The largest absolute Gasteiger partial charge is 0.503 e. The van der Waals surface area contributed by atoms with E-state index in [-0.39, 0.29) is 17.9 Å². The number of carbonyl (C=O) groups excluding carboxylic acids is 2. The molecule has 1 amide bonds. The number of nitrogens with zero attached hydrogens (tertiary/aromatic N) is 2. The molecule has 1 aromatic rings. The highest BCUT2D eigenvalue weighted by Gasteiger charge is 2.42. The van der Waals surface area contributed by atoms with Crippen molar-refractivity contribution in [1.82, 2.24) is 4.90 Å². The molecule has 1 aliphatic heterocycles. The van der Waals surface area contributed by atoms with Crippen LogP contribution in [0.15, 0.2) is 35.6 Å². The highest BCUT2D eigenvalue weighted by atomic mass is 16.3. The molecule has 0 unspecified atom stereocenters. The summed E-state index contributed by atoms with van der Waals surface area (Å²) in [6.07, 6.45) is 0. The van der Waals surface area contributed by atoms with Crippen molar-refractivity contribution in [2.45, 2.75) is 19.9 Å². The second-order valence-corrected chi connectivity index (χ2v) is 4.72. The van der Waals surface area contributed by atoms with Crippen LogP contribution in [0.25, 0.3) is 0 Å². The number of amides is 1. The van der Waals surface area contributed by atoms with Crippen molar-refractivity contribution < 1.29 is 14.7 Å². The quantitative estimate of drug-likeness (QED) is 0.849. The summed E-state index contributed by atoms with van der Waals surface area (Å²) in [5, 5.41) is 18.7. The Bertz CT molecular complexity index is 638. The second-order valence-electron chi connectivity index (χ2n) is 4.72. The van der Waals surface area contributed by atoms with Crippen LogP contribution in [-0.4, -0.2) is 28.2 Å². The minimum absolute atomic E-state index is 0.0501. The summed E-state index contributed by atoms with van der Waals surface area (Å²) in [6, 6.07) is 8.49. The van der Waals surface area contributed by atoms with Crippen molar-refractivity contribution in [2.24, 2.45) is 0 Å². The maximum absolute atomic E-state index is 12.0. The second kappa shape index (κ2) is 5.17. The highest BCUT2D eigenvalue weighted by Crippen LogP contribution is 2.37. The van der Waals surface area contributed by atoms with E-state index in [1.165, 1.54) is 11.8 Å². The van der Waals surface area contributed by atoms with Gasteiger partial charge in [-0.15, -0.1) is 0 Å². The molecule has 1 atom stereocenters. The summed E-state index contributed by atoms with van der Waals surface area (Å²) in [7, 11) is 0. The Morgan fingerprint density at radius 3 is 2.50 bits per heavy atom. The van der Waals surface area contributed by atoms with Gasteiger partial charge in [-0.2, -0.15) is 5.26 Å². The molecule has 1 N–H and O–H groups in total. The van der Waals surface area contributed by atoms with Crippen LogP contribution in [0.4, 0.5) is 0 Å². The van der Waals surface area contributed by atoms with Crippen molar-refractivity contribution in [2.75, 3.05) is 6.54 Å². The lowest BCUT2D eigenvalue weighted by atomic mass is 9.96. The monoisotopic (exact) mass is 270 g/mol. The van der Waals surface area contributed by atoms with Gasteiger partial charge in [0.2, 0.25) is 0 Å². The SMILES string of the molecule is CC(=O)C1=C(O)C(=O)N(CC#N)[C@H]1c1ccc(C)cc1. The van der Waals surface area contributed by atoms with Crippen molar-refractivity contribution in [3.8, 4) is 6.07 Å². The van der Waals surface area contributed by atoms with E-state index in [9.17, 15) is 14.7 Å². The normalized spacial score (nSPS) is 18.4. The number of carbonyl (C=O) groups is 2. The molecule has 0 saturated heterocycles. The van der Waals surface area contributed by atoms with Crippen molar-refractivity contribution in [1.29, 1.82) is 5.26 Å². The minimum Gasteiger partial charge on any atom is -0.503 e. The van der Waals surface area contributed by atoms with Crippen LogP contribution in [0.5, 0.6) is 0 Å². The standard InChI is InChI=1S/C15H14N2O3/c1-9-3-5-11(6-4-9)13-12(10(2)18)14(19)15(20)17(13)8-7-16/h3-6,13,19H,8H2,1-2H3/t13-/m0/s1. The number of aliphatic hydroxyl groups excluding tert-OH is 1. The average molecular weight is 270 g/mol. The number of nitriles is 1. The number of hydrogen-bond acceptors (Lipinski definition) is 4. The van der Waals surface area contributed by atoms with E-state index >= 15 is 0 Å². The molecule has 5 nitrogen and oxygen atoms in total. The summed E-state index contributed by atoms with van der Waals surface area (Å²) in [6.45, 7) is 3.05. The number of hydrogen-bond donors (Lipinski definition) is 1. The number of Topliss-reactive ketones (excluding diaryl/α,β-unsaturated/α-hetero) is 1. The molecule has 20 heavy (non-hydrogen) atoms. The van der Waals surface area contributed by atoms with Gasteiger partial charge < -0.3 is 10.0 Å². The first kappa shape index (κ1) is 13.8. The first-order valence-electron chi connectivity index (χ1n) is 6.16. The minimum atomic E-state index is -0.694. The average Bonchev–Trinajstić information content (AvgIpc) is 2.65. The number of aliphatic hydroxyl groups is 1. The molecule has 2 rings (SSSR count). The third kappa shape index (κ3) is 2.16. The maximum Gasteiger partial charge on any atom is 0.290 e. The van der Waals surface area contributed by atoms with Crippen molar-refractivity contribution in [3.05, 3.63) is 46.7 Å². The summed E-state index contributed by atoms with van der Waals surface area (Å²) in [5.41, 5.74) is 1.80. The molecule has 1 aromatic carbocycles. The van der Waals surface area contributed by atoms with Gasteiger partial charge in [0, 0.05) is 0 Å². The lowest BCUT2D eigenvalue weighted by Crippen LogP contribution is -2.31. The summed E-state index contributed by atoms with van der Waals surface area (Å²) in [4.78, 5) is 24.9. The fraction of sp³-hybridized carbons (Fsp3) is 0.267. The van der Waals surface area contributed by atoms with Crippen LogP contribution < -0.4 is 0 Å².